The Labute approximate surface area is 109 Å². The Bertz CT molecular complexity index is 472. The van der Waals surface area contributed by atoms with Gasteiger partial charge in [0.2, 0.25) is 0 Å². The SMILES string of the molecule is CN(c1ccc([N+](=O)[O-])cc1C=O)C1CCSC1. The summed E-state index contributed by atoms with van der Waals surface area (Å²) in [6, 6.07) is 4.84. The van der Waals surface area contributed by atoms with Crippen molar-refractivity contribution in [3.05, 3.63) is 33.9 Å². The Morgan fingerprint density at radius 1 is 1.56 bits per heavy atom. The molecule has 1 saturated heterocycles. The zero-order chi connectivity index (χ0) is 13.1. The average molecular weight is 266 g/mol. The number of rotatable bonds is 4. The number of hydrogen-bond donors (Lipinski definition) is 0. The molecule has 96 valence electrons. The standard InChI is InChI=1S/C12H14N2O3S/c1-13(11-4-5-18-8-11)12-3-2-10(14(16)17)6-9(12)7-15/h2-3,6-7,11H,4-5,8H2,1H3. The summed E-state index contributed by atoms with van der Waals surface area (Å²) in [7, 11) is 1.94. The maximum absolute atomic E-state index is 11.1. The van der Waals surface area contributed by atoms with E-state index in [1.807, 2.05) is 23.7 Å². The smallest absolute Gasteiger partial charge is 0.270 e. The molecule has 0 aliphatic carbocycles. The van der Waals surface area contributed by atoms with Crippen molar-refractivity contribution < 1.29 is 9.72 Å². The van der Waals surface area contributed by atoms with E-state index in [2.05, 4.69) is 0 Å². The summed E-state index contributed by atoms with van der Waals surface area (Å²) in [4.78, 5) is 23.3. The monoisotopic (exact) mass is 266 g/mol. The second-order valence-electron chi connectivity index (χ2n) is 4.25. The third-order valence-corrected chi connectivity index (χ3v) is 4.33. The topological polar surface area (TPSA) is 63.4 Å². The lowest BCUT2D eigenvalue weighted by atomic mass is 10.1. The zero-order valence-corrected chi connectivity index (χ0v) is 10.9. The molecule has 2 rings (SSSR count). The van der Waals surface area contributed by atoms with Crippen LogP contribution in [0.1, 0.15) is 16.8 Å². The fourth-order valence-electron chi connectivity index (χ4n) is 2.10. The molecule has 0 aromatic heterocycles. The van der Waals surface area contributed by atoms with E-state index in [0.29, 0.717) is 17.9 Å². The Hall–Kier alpha value is -1.56. The lowest BCUT2D eigenvalue weighted by Crippen LogP contribution is -2.32. The van der Waals surface area contributed by atoms with Crippen LogP contribution in [0.25, 0.3) is 0 Å². The first-order valence-electron chi connectivity index (χ1n) is 5.67. The maximum atomic E-state index is 11.1. The van der Waals surface area contributed by atoms with E-state index in [9.17, 15) is 14.9 Å². The van der Waals surface area contributed by atoms with Gasteiger partial charge in [-0.1, -0.05) is 0 Å². The minimum atomic E-state index is -0.484. The second kappa shape index (κ2) is 5.39. The fourth-order valence-corrected chi connectivity index (χ4v) is 3.36. The molecule has 18 heavy (non-hydrogen) atoms. The zero-order valence-electron chi connectivity index (χ0n) is 10.0. The minimum Gasteiger partial charge on any atom is -0.370 e. The summed E-state index contributed by atoms with van der Waals surface area (Å²) in [6.45, 7) is 0. The van der Waals surface area contributed by atoms with Crippen LogP contribution < -0.4 is 4.90 Å². The predicted octanol–water partition coefficient (Wildman–Crippen LogP) is 2.35. The van der Waals surface area contributed by atoms with Crippen LogP contribution in [0.4, 0.5) is 11.4 Å². The van der Waals surface area contributed by atoms with Crippen molar-refractivity contribution in [2.75, 3.05) is 23.5 Å². The number of non-ortho nitro benzene ring substituents is 1. The number of nitro groups is 1. The molecule has 1 fully saturated rings. The van der Waals surface area contributed by atoms with E-state index in [-0.39, 0.29) is 5.69 Å². The summed E-state index contributed by atoms with van der Waals surface area (Å²) in [5.41, 5.74) is 1.10. The van der Waals surface area contributed by atoms with E-state index in [4.69, 9.17) is 0 Å². The van der Waals surface area contributed by atoms with Crippen LogP contribution >= 0.6 is 11.8 Å². The molecule has 1 unspecified atom stereocenters. The summed E-state index contributed by atoms with van der Waals surface area (Å²) >= 11 is 1.89. The number of carbonyl (C=O) groups is 1. The molecule has 0 N–H and O–H groups in total. The molecule has 1 aromatic rings. The summed E-state index contributed by atoms with van der Waals surface area (Å²) in [6.07, 6.45) is 1.76. The quantitative estimate of drug-likeness (QED) is 0.475. The number of nitrogens with zero attached hydrogens (tertiary/aromatic N) is 2. The molecule has 1 atom stereocenters. The van der Waals surface area contributed by atoms with Crippen LogP contribution in [0, 0.1) is 10.1 Å². The highest BCUT2D eigenvalue weighted by Gasteiger charge is 2.22. The van der Waals surface area contributed by atoms with Crippen molar-refractivity contribution in [2.45, 2.75) is 12.5 Å². The number of thioether (sulfide) groups is 1. The highest BCUT2D eigenvalue weighted by atomic mass is 32.2. The highest BCUT2D eigenvalue weighted by Crippen LogP contribution is 2.29. The van der Waals surface area contributed by atoms with Gasteiger partial charge in [0.05, 0.1) is 4.92 Å². The van der Waals surface area contributed by atoms with Crippen molar-refractivity contribution in [1.29, 1.82) is 0 Å². The number of aldehydes is 1. The number of carbonyl (C=O) groups excluding carboxylic acids is 1. The first kappa shape index (κ1) is 12.9. The van der Waals surface area contributed by atoms with Crippen molar-refractivity contribution in [3.63, 3.8) is 0 Å². The number of hydrogen-bond acceptors (Lipinski definition) is 5. The van der Waals surface area contributed by atoms with Gasteiger partial charge in [-0.3, -0.25) is 14.9 Å². The van der Waals surface area contributed by atoms with E-state index < -0.39 is 4.92 Å². The molecule has 1 heterocycles. The second-order valence-corrected chi connectivity index (χ2v) is 5.40. The predicted molar refractivity (Wildman–Crippen MR) is 72.6 cm³/mol. The first-order chi connectivity index (χ1) is 8.63. The molecule has 0 saturated carbocycles. The molecule has 1 aliphatic heterocycles. The van der Waals surface area contributed by atoms with Crippen molar-refractivity contribution >= 4 is 29.4 Å². The van der Waals surface area contributed by atoms with Gasteiger partial charge in [0.25, 0.3) is 5.69 Å². The van der Waals surface area contributed by atoms with Gasteiger partial charge in [0, 0.05) is 42.2 Å². The first-order valence-corrected chi connectivity index (χ1v) is 6.83. The van der Waals surface area contributed by atoms with E-state index in [1.165, 1.54) is 12.1 Å². The van der Waals surface area contributed by atoms with Gasteiger partial charge in [-0.2, -0.15) is 11.8 Å². The molecule has 6 heteroatoms. The Balaban J connectivity index is 2.31. The molecule has 5 nitrogen and oxygen atoms in total. The van der Waals surface area contributed by atoms with Crippen molar-refractivity contribution in [2.24, 2.45) is 0 Å². The molecule has 0 spiro atoms. The normalized spacial score (nSPS) is 18.6. The van der Waals surface area contributed by atoms with Gasteiger partial charge < -0.3 is 4.90 Å². The number of anilines is 1. The van der Waals surface area contributed by atoms with Gasteiger partial charge in [0.1, 0.15) is 0 Å². The minimum absolute atomic E-state index is 0.0463. The molecule has 0 bridgehead atoms. The number of nitro benzene ring substituents is 1. The fraction of sp³-hybridized carbons (Fsp3) is 0.417. The van der Waals surface area contributed by atoms with E-state index >= 15 is 0 Å². The Morgan fingerprint density at radius 3 is 2.89 bits per heavy atom. The number of benzene rings is 1. The summed E-state index contributed by atoms with van der Waals surface area (Å²) in [5.74, 6) is 2.16. The largest absolute Gasteiger partial charge is 0.370 e. The van der Waals surface area contributed by atoms with E-state index in [0.717, 1.165) is 23.6 Å². The van der Waals surface area contributed by atoms with Crippen LogP contribution in [-0.2, 0) is 0 Å². The van der Waals surface area contributed by atoms with Crippen LogP contribution in [0.15, 0.2) is 18.2 Å². The average Bonchev–Trinajstić information content (AvgIpc) is 2.90. The van der Waals surface area contributed by atoms with Crippen LogP contribution in [0.3, 0.4) is 0 Å². The van der Waals surface area contributed by atoms with E-state index in [1.54, 1.807) is 6.07 Å². The lowest BCUT2D eigenvalue weighted by Gasteiger charge is -2.27. The van der Waals surface area contributed by atoms with Gasteiger partial charge in [-0.05, 0) is 18.2 Å². The maximum Gasteiger partial charge on any atom is 0.270 e. The third kappa shape index (κ3) is 2.48. The Kier molecular flexibility index (Phi) is 3.86. The molecular formula is C12H14N2O3S. The van der Waals surface area contributed by atoms with Gasteiger partial charge in [0.15, 0.2) is 6.29 Å². The van der Waals surface area contributed by atoms with Crippen LogP contribution in [-0.4, -0.2) is 35.8 Å². The molecule has 0 radical (unpaired) electrons. The van der Waals surface area contributed by atoms with Gasteiger partial charge in [-0.15, -0.1) is 0 Å². The van der Waals surface area contributed by atoms with Crippen molar-refractivity contribution in [1.82, 2.24) is 0 Å². The highest BCUT2D eigenvalue weighted by molar-refractivity contribution is 7.99. The molecular weight excluding hydrogens is 252 g/mol. The summed E-state index contributed by atoms with van der Waals surface area (Å²) < 4.78 is 0. The summed E-state index contributed by atoms with van der Waals surface area (Å²) in [5, 5.41) is 10.7. The molecule has 1 aromatic carbocycles. The van der Waals surface area contributed by atoms with Gasteiger partial charge in [-0.25, -0.2) is 0 Å². The van der Waals surface area contributed by atoms with Crippen molar-refractivity contribution in [3.8, 4) is 0 Å². The van der Waals surface area contributed by atoms with Gasteiger partial charge >= 0.3 is 0 Å². The Morgan fingerprint density at radius 2 is 2.33 bits per heavy atom. The lowest BCUT2D eigenvalue weighted by molar-refractivity contribution is -0.384. The third-order valence-electron chi connectivity index (χ3n) is 3.18. The molecule has 0 amide bonds. The van der Waals surface area contributed by atoms with Crippen LogP contribution in [0.2, 0.25) is 0 Å². The molecule has 1 aliphatic rings. The van der Waals surface area contributed by atoms with Crippen LogP contribution in [0.5, 0.6) is 0 Å².